The molecule has 0 saturated carbocycles. The third kappa shape index (κ3) is 2.95. The van der Waals surface area contributed by atoms with E-state index in [1.54, 1.807) is 10.9 Å². The van der Waals surface area contributed by atoms with Gasteiger partial charge < -0.3 is 4.98 Å². The van der Waals surface area contributed by atoms with E-state index >= 15 is 0 Å². The van der Waals surface area contributed by atoms with E-state index in [9.17, 15) is 4.79 Å². The number of fused-ring (bicyclic) bond motifs is 2. The number of hydrogen-bond acceptors (Lipinski definition) is 4. The molecule has 0 fully saturated rings. The van der Waals surface area contributed by atoms with Crippen LogP contribution in [0, 0.1) is 0 Å². The Morgan fingerprint density at radius 1 is 1.27 bits per heavy atom. The average Bonchev–Trinajstić information content (AvgIpc) is 3.26. The Balaban J connectivity index is 1.46. The summed E-state index contributed by atoms with van der Waals surface area (Å²) in [6, 6.07) is 13.7. The lowest BCUT2D eigenvalue weighted by atomic mass is 10.1. The molecule has 2 aromatic carbocycles. The lowest BCUT2D eigenvalue weighted by Gasteiger charge is -2.01. The van der Waals surface area contributed by atoms with Crippen molar-refractivity contribution in [2.45, 2.75) is 19.9 Å². The summed E-state index contributed by atoms with van der Waals surface area (Å²) >= 11 is 0. The molecule has 2 N–H and O–H groups in total. The SMILES string of the molecule is CCc1cccc2c(/C=N/NC(=O)Cn3nnc4ccccc43)c[nH]c12. The van der Waals surface area contributed by atoms with Gasteiger partial charge in [-0.15, -0.1) is 5.10 Å². The molecular weight excluding hydrogens is 328 g/mol. The van der Waals surface area contributed by atoms with E-state index in [1.807, 2.05) is 42.6 Å². The third-order valence-electron chi connectivity index (χ3n) is 4.32. The summed E-state index contributed by atoms with van der Waals surface area (Å²) in [4.78, 5) is 15.4. The number of aromatic nitrogens is 4. The fraction of sp³-hybridized carbons (Fsp3) is 0.158. The average molecular weight is 346 g/mol. The number of rotatable bonds is 5. The minimum absolute atomic E-state index is 0.0612. The van der Waals surface area contributed by atoms with Crippen molar-refractivity contribution in [1.82, 2.24) is 25.4 Å². The van der Waals surface area contributed by atoms with Crippen molar-refractivity contribution in [2.75, 3.05) is 0 Å². The summed E-state index contributed by atoms with van der Waals surface area (Å²) in [7, 11) is 0. The smallest absolute Gasteiger partial charge is 0.261 e. The minimum atomic E-state index is -0.258. The maximum atomic E-state index is 12.1. The van der Waals surface area contributed by atoms with Gasteiger partial charge in [0, 0.05) is 22.7 Å². The van der Waals surface area contributed by atoms with Gasteiger partial charge >= 0.3 is 0 Å². The molecule has 0 aliphatic carbocycles. The number of nitrogens with one attached hydrogen (secondary N) is 2. The first-order chi connectivity index (χ1) is 12.8. The molecule has 0 saturated heterocycles. The van der Waals surface area contributed by atoms with Crippen molar-refractivity contribution in [3.8, 4) is 0 Å². The Morgan fingerprint density at radius 3 is 3.04 bits per heavy atom. The Morgan fingerprint density at radius 2 is 2.15 bits per heavy atom. The molecule has 4 aromatic rings. The second-order valence-electron chi connectivity index (χ2n) is 5.97. The van der Waals surface area contributed by atoms with Gasteiger partial charge in [0.25, 0.3) is 5.91 Å². The molecule has 26 heavy (non-hydrogen) atoms. The Kier molecular flexibility index (Phi) is 4.18. The first-order valence-electron chi connectivity index (χ1n) is 8.45. The van der Waals surface area contributed by atoms with Gasteiger partial charge in [-0.3, -0.25) is 4.79 Å². The number of carbonyl (C=O) groups is 1. The van der Waals surface area contributed by atoms with Gasteiger partial charge in [0.1, 0.15) is 12.1 Å². The summed E-state index contributed by atoms with van der Waals surface area (Å²) in [6.07, 6.45) is 4.50. The molecular formula is C19H18N6O. The number of benzene rings is 2. The summed E-state index contributed by atoms with van der Waals surface area (Å²) in [5, 5.41) is 13.2. The van der Waals surface area contributed by atoms with Crippen LogP contribution in [0.5, 0.6) is 0 Å². The molecule has 0 spiro atoms. The summed E-state index contributed by atoms with van der Waals surface area (Å²) in [6.45, 7) is 2.18. The summed E-state index contributed by atoms with van der Waals surface area (Å²) in [5.74, 6) is -0.258. The fourth-order valence-electron chi connectivity index (χ4n) is 3.02. The van der Waals surface area contributed by atoms with Gasteiger partial charge in [-0.1, -0.05) is 42.5 Å². The van der Waals surface area contributed by atoms with Gasteiger partial charge in [-0.05, 0) is 24.1 Å². The number of aromatic amines is 1. The number of aryl methyl sites for hydroxylation is 1. The van der Waals surface area contributed by atoms with E-state index in [4.69, 9.17) is 0 Å². The molecule has 0 atom stereocenters. The molecule has 2 aromatic heterocycles. The van der Waals surface area contributed by atoms with Crippen LogP contribution >= 0.6 is 0 Å². The van der Waals surface area contributed by atoms with Crippen molar-refractivity contribution < 1.29 is 4.79 Å². The monoisotopic (exact) mass is 346 g/mol. The van der Waals surface area contributed by atoms with Crippen LogP contribution < -0.4 is 5.43 Å². The number of H-pyrrole nitrogens is 1. The van der Waals surface area contributed by atoms with Crippen LogP contribution in [0.15, 0.2) is 53.8 Å². The third-order valence-corrected chi connectivity index (χ3v) is 4.32. The zero-order chi connectivity index (χ0) is 17.9. The molecule has 7 heteroatoms. The van der Waals surface area contributed by atoms with Crippen molar-refractivity contribution in [3.63, 3.8) is 0 Å². The highest BCUT2D eigenvalue weighted by molar-refractivity contribution is 6.00. The van der Waals surface area contributed by atoms with Crippen LogP contribution in [0.25, 0.3) is 21.9 Å². The van der Waals surface area contributed by atoms with Gasteiger partial charge in [-0.25, -0.2) is 10.1 Å². The molecule has 130 valence electrons. The zero-order valence-corrected chi connectivity index (χ0v) is 14.3. The van der Waals surface area contributed by atoms with E-state index < -0.39 is 0 Å². The summed E-state index contributed by atoms with van der Waals surface area (Å²) < 4.78 is 1.55. The topological polar surface area (TPSA) is 88.0 Å². The predicted octanol–water partition coefficient (Wildman–Crippen LogP) is 2.63. The zero-order valence-electron chi connectivity index (χ0n) is 14.3. The fourth-order valence-corrected chi connectivity index (χ4v) is 3.02. The number of hydrogen-bond donors (Lipinski definition) is 2. The maximum Gasteiger partial charge on any atom is 0.261 e. The lowest BCUT2D eigenvalue weighted by molar-refractivity contribution is -0.121. The molecule has 1 amide bonds. The number of carbonyl (C=O) groups excluding carboxylic acids is 1. The van der Waals surface area contributed by atoms with Crippen molar-refractivity contribution in [2.24, 2.45) is 5.10 Å². The van der Waals surface area contributed by atoms with E-state index in [2.05, 4.69) is 38.8 Å². The Hall–Kier alpha value is -3.48. The first-order valence-corrected chi connectivity index (χ1v) is 8.45. The predicted molar refractivity (Wildman–Crippen MR) is 101 cm³/mol. The molecule has 0 bridgehead atoms. The standard InChI is InChI=1S/C19H18N6O/c1-2-13-6-5-7-15-14(10-20-19(13)15)11-21-23-18(26)12-25-17-9-4-3-8-16(17)22-24-25/h3-11,20H,2,12H2,1H3,(H,23,26)/b21-11+. The second-order valence-corrected chi connectivity index (χ2v) is 5.97. The van der Waals surface area contributed by atoms with Crippen LogP contribution in [0.2, 0.25) is 0 Å². The molecule has 0 aliphatic heterocycles. The van der Waals surface area contributed by atoms with Crippen LogP contribution in [-0.2, 0) is 17.8 Å². The highest BCUT2D eigenvalue weighted by Gasteiger charge is 2.08. The lowest BCUT2D eigenvalue weighted by Crippen LogP contribution is -2.23. The highest BCUT2D eigenvalue weighted by Crippen LogP contribution is 2.20. The molecule has 0 aliphatic rings. The van der Waals surface area contributed by atoms with E-state index in [0.717, 1.165) is 33.9 Å². The molecule has 7 nitrogen and oxygen atoms in total. The number of amides is 1. The molecule has 2 heterocycles. The molecule has 0 unspecified atom stereocenters. The van der Waals surface area contributed by atoms with Gasteiger partial charge in [0.15, 0.2) is 0 Å². The van der Waals surface area contributed by atoms with Crippen molar-refractivity contribution in [1.29, 1.82) is 0 Å². The van der Waals surface area contributed by atoms with E-state index in [1.165, 1.54) is 5.56 Å². The van der Waals surface area contributed by atoms with Crippen molar-refractivity contribution in [3.05, 3.63) is 59.8 Å². The Bertz CT molecular complexity index is 1110. The Labute approximate surface area is 149 Å². The first kappa shape index (κ1) is 16.0. The van der Waals surface area contributed by atoms with Gasteiger partial charge in [0.05, 0.1) is 11.7 Å². The molecule has 0 radical (unpaired) electrons. The number of nitrogens with zero attached hydrogens (tertiary/aromatic N) is 4. The van der Waals surface area contributed by atoms with Crippen molar-refractivity contribution >= 4 is 34.1 Å². The minimum Gasteiger partial charge on any atom is -0.360 e. The number of para-hydroxylation sites is 2. The summed E-state index contributed by atoms with van der Waals surface area (Å²) in [5.41, 5.74) is 7.41. The van der Waals surface area contributed by atoms with E-state index in [0.29, 0.717) is 0 Å². The van der Waals surface area contributed by atoms with Crippen LogP contribution in [0.4, 0.5) is 0 Å². The number of hydrazone groups is 1. The van der Waals surface area contributed by atoms with Crippen LogP contribution in [-0.4, -0.2) is 32.1 Å². The second kappa shape index (κ2) is 6.79. The van der Waals surface area contributed by atoms with Crippen LogP contribution in [0.1, 0.15) is 18.1 Å². The maximum absolute atomic E-state index is 12.1. The van der Waals surface area contributed by atoms with Gasteiger partial charge in [0.2, 0.25) is 0 Å². The van der Waals surface area contributed by atoms with Crippen LogP contribution in [0.3, 0.4) is 0 Å². The normalized spacial score (nSPS) is 11.6. The van der Waals surface area contributed by atoms with E-state index in [-0.39, 0.29) is 12.5 Å². The van der Waals surface area contributed by atoms with Gasteiger partial charge in [-0.2, -0.15) is 5.10 Å². The quantitative estimate of drug-likeness (QED) is 0.430. The molecule has 4 rings (SSSR count). The largest absolute Gasteiger partial charge is 0.360 e. The highest BCUT2D eigenvalue weighted by atomic mass is 16.2.